The Kier molecular flexibility index (Phi) is 7.80. The first-order valence-electron chi connectivity index (χ1n) is 10.3. The number of carboxylic acid groups (broad SMARTS) is 1. The first kappa shape index (κ1) is 23.2. The van der Waals surface area contributed by atoms with Crippen LogP contribution >= 0.6 is 0 Å². The van der Waals surface area contributed by atoms with Crippen molar-refractivity contribution in [1.82, 2.24) is 10.6 Å². The van der Waals surface area contributed by atoms with Crippen LogP contribution in [-0.2, 0) is 14.3 Å². The molecule has 0 saturated carbocycles. The second-order valence-corrected chi connectivity index (χ2v) is 7.54. The van der Waals surface area contributed by atoms with E-state index < -0.39 is 43.1 Å². The number of amides is 2. The number of aliphatic hydroxyl groups excluding tert-OH is 2. The highest BCUT2D eigenvalue weighted by Gasteiger charge is 2.29. The van der Waals surface area contributed by atoms with Crippen LogP contribution in [0.3, 0.4) is 0 Å². The van der Waals surface area contributed by atoms with Gasteiger partial charge in [0.1, 0.15) is 12.6 Å². The van der Waals surface area contributed by atoms with E-state index in [0.717, 1.165) is 22.3 Å². The number of ether oxygens (including phenoxy) is 1. The van der Waals surface area contributed by atoms with Crippen LogP contribution in [0.2, 0.25) is 0 Å². The van der Waals surface area contributed by atoms with Gasteiger partial charge >= 0.3 is 12.1 Å². The van der Waals surface area contributed by atoms with Gasteiger partial charge in [-0.25, -0.2) is 9.59 Å². The molecule has 2 amide bonds. The fraction of sp³-hybridized carbons (Fsp3) is 0.348. The summed E-state index contributed by atoms with van der Waals surface area (Å²) in [6.07, 6.45) is -2.50. The van der Waals surface area contributed by atoms with Crippen molar-refractivity contribution in [3.63, 3.8) is 0 Å². The number of rotatable bonds is 10. The molecule has 9 heteroatoms. The van der Waals surface area contributed by atoms with Crippen LogP contribution in [-0.4, -0.2) is 65.2 Å². The Bertz CT molecular complexity index is 933. The average molecular weight is 442 g/mol. The zero-order chi connectivity index (χ0) is 23.1. The van der Waals surface area contributed by atoms with E-state index in [1.54, 1.807) is 0 Å². The van der Waals surface area contributed by atoms with E-state index in [9.17, 15) is 19.5 Å². The first-order chi connectivity index (χ1) is 15.4. The number of hydrogen-bond acceptors (Lipinski definition) is 6. The maximum Gasteiger partial charge on any atom is 0.407 e. The molecule has 0 spiro atoms. The van der Waals surface area contributed by atoms with Crippen LogP contribution < -0.4 is 10.6 Å². The third-order valence-corrected chi connectivity index (χ3v) is 5.30. The molecule has 0 saturated heterocycles. The molecule has 3 rings (SSSR count). The van der Waals surface area contributed by atoms with Gasteiger partial charge in [-0.05, 0) is 22.3 Å². The molecule has 1 aliphatic carbocycles. The van der Waals surface area contributed by atoms with Crippen LogP contribution in [0.1, 0.15) is 29.9 Å². The minimum absolute atomic E-state index is 0.0941. The fourth-order valence-electron chi connectivity index (χ4n) is 3.78. The standard InChI is InChI=1S/C23H26N2O7/c26-10-9-20(22(29)30)25-21(28)11-14(27)12-24-23(31)32-13-19-17-7-3-1-5-15(17)16-6-2-4-8-18(16)19/h1-8,14,19-20,26-27H,9-13H2,(H,24,31)(H,25,28)(H,29,30). The van der Waals surface area contributed by atoms with Crippen molar-refractivity contribution in [1.29, 1.82) is 0 Å². The maximum absolute atomic E-state index is 12.1. The molecule has 32 heavy (non-hydrogen) atoms. The van der Waals surface area contributed by atoms with Gasteiger partial charge in [0.05, 0.1) is 12.5 Å². The number of carbonyl (C=O) groups excluding carboxylic acids is 2. The molecule has 170 valence electrons. The number of carbonyl (C=O) groups is 3. The first-order valence-corrected chi connectivity index (χ1v) is 10.3. The third-order valence-electron chi connectivity index (χ3n) is 5.30. The van der Waals surface area contributed by atoms with Gasteiger partial charge in [-0.3, -0.25) is 4.79 Å². The van der Waals surface area contributed by atoms with Gasteiger partial charge in [0.25, 0.3) is 0 Å². The van der Waals surface area contributed by atoms with Gasteiger partial charge in [-0.15, -0.1) is 0 Å². The molecule has 2 unspecified atom stereocenters. The van der Waals surface area contributed by atoms with Gasteiger partial charge in [0.2, 0.25) is 5.91 Å². The van der Waals surface area contributed by atoms with Crippen LogP contribution in [0.5, 0.6) is 0 Å². The summed E-state index contributed by atoms with van der Waals surface area (Å²) in [6.45, 7) is -0.511. The topological polar surface area (TPSA) is 145 Å². The number of alkyl carbamates (subject to hydrolysis) is 1. The predicted molar refractivity (Wildman–Crippen MR) is 115 cm³/mol. The number of aliphatic hydroxyl groups is 2. The zero-order valence-electron chi connectivity index (χ0n) is 17.4. The van der Waals surface area contributed by atoms with E-state index in [1.165, 1.54) is 0 Å². The molecular weight excluding hydrogens is 416 g/mol. The molecule has 2 aromatic rings. The van der Waals surface area contributed by atoms with Crippen LogP contribution in [0.25, 0.3) is 11.1 Å². The lowest BCUT2D eigenvalue weighted by molar-refractivity contribution is -0.142. The van der Waals surface area contributed by atoms with Crippen molar-refractivity contribution in [2.24, 2.45) is 0 Å². The summed E-state index contributed by atoms with van der Waals surface area (Å²) in [5.74, 6) is -2.07. The Morgan fingerprint density at radius 1 is 1.00 bits per heavy atom. The van der Waals surface area contributed by atoms with Crippen molar-refractivity contribution >= 4 is 18.0 Å². The Labute approximate surface area is 185 Å². The fourth-order valence-corrected chi connectivity index (χ4v) is 3.78. The van der Waals surface area contributed by atoms with Crippen molar-refractivity contribution in [2.45, 2.75) is 30.9 Å². The highest BCUT2D eigenvalue weighted by Crippen LogP contribution is 2.44. The minimum atomic E-state index is -1.28. The summed E-state index contributed by atoms with van der Waals surface area (Å²) in [5, 5.41) is 32.4. The minimum Gasteiger partial charge on any atom is -0.480 e. The molecule has 2 aromatic carbocycles. The summed E-state index contributed by atoms with van der Waals surface area (Å²) in [6, 6.07) is 14.6. The molecule has 9 nitrogen and oxygen atoms in total. The van der Waals surface area contributed by atoms with Crippen LogP contribution in [0.4, 0.5) is 4.79 Å². The second kappa shape index (κ2) is 10.7. The van der Waals surface area contributed by atoms with Gasteiger partial charge in [0.15, 0.2) is 0 Å². The third kappa shape index (κ3) is 5.63. The number of nitrogens with one attached hydrogen (secondary N) is 2. The van der Waals surface area contributed by atoms with E-state index in [1.807, 2.05) is 48.5 Å². The monoisotopic (exact) mass is 442 g/mol. The Balaban J connectivity index is 1.47. The van der Waals surface area contributed by atoms with Crippen LogP contribution in [0.15, 0.2) is 48.5 Å². The average Bonchev–Trinajstić information content (AvgIpc) is 3.09. The smallest absolute Gasteiger partial charge is 0.407 e. The molecule has 5 N–H and O–H groups in total. The maximum atomic E-state index is 12.1. The normalized spacial score (nSPS) is 14.1. The summed E-state index contributed by atoms with van der Waals surface area (Å²) in [5.41, 5.74) is 4.38. The number of hydrogen-bond donors (Lipinski definition) is 5. The van der Waals surface area contributed by atoms with E-state index in [0.29, 0.717) is 0 Å². The number of aliphatic carboxylic acids is 1. The van der Waals surface area contributed by atoms with Crippen LogP contribution in [0, 0.1) is 0 Å². The van der Waals surface area contributed by atoms with E-state index in [4.69, 9.17) is 14.9 Å². The highest BCUT2D eigenvalue weighted by atomic mass is 16.5. The molecule has 0 radical (unpaired) electrons. The molecule has 0 heterocycles. The van der Waals surface area contributed by atoms with Crippen molar-refractivity contribution in [2.75, 3.05) is 19.8 Å². The highest BCUT2D eigenvalue weighted by molar-refractivity contribution is 5.83. The van der Waals surface area contributed by atoms with Gasteiger partial charge in [-0.1, -0.05) is 48.5 Å². The Morgan fingerprint density at radius 2 is 1.59 bits per heavy atom. The lowest BCUT2D eigenvalue weighted by Crippen LogP contribution is -2.43. The SMILES string of the molecule is O=C(CC(O)CNC(=O)OCC1c2ccccc2-c2ccccc21)NC(CCO)C(=O)O. The Morgan fingerprint density at radius 3 is 2.16 bits per heavy atom. The van der Waals surface area contributed by atoms with Gasteiger partial charge in [0, 0.05) is 25.5 Å². The largest absolute Gasteiger partial charge is 0.480 e. The van der Waals surface area contributed by atoms with Gasteiger partial charge < -0.3 is 30.7 Å². The lowest BCUT2D eigenvalue weighted by atomic mass is 9.98. The molecule has 0 bridgehead atoms. The molecule has 1 aliphatic rings. The van der Waals surface area contributed by atoms with Gasteiger partial charge in [-0.2, -0.15) is 0 Å². The summed E-state index contributed by atoms with van der Waals surface area (Å²) in [4.78, 5) is 35.0. The quantitative estimate of drug-likeness (QED) is 0.372. The van der Waals surface area contributed by atoms with E-state index in [-0.39, 0.29) is 25.5 Å². The number of carboxylic acids is 1. The van der Waals surface area contributed by atoms with E-state index >= 15 is 0 Å². The molecule has 2 atom stereocenters. The Hall–Kier alpha value is -3.43. The molecule has 0 fully saturated rings. The lowest BCUT2D eigenvalue weighted by Gasteiger charge is -2.17. The molecular formula is C23H26N2O7. The second-order valence-electron chi connectivity index (χ2n) is 7.54. The summed E-state index contributed by atoms with van der Waals surface area (Å²) < 4.78 is 5.36. The summed E-state index contributed by atoms with van der Waals surface area (Å²) in [7, 11) is 0. The zero-order valence-corrected chi connectivity index (χ0v) is 17.4. The summed E-state index contributed by atoms with van der Waals surface area (Å²) >= 11 is 0. The van der Waals surface area contributed by atoms with Crippen molar-refractivity contribution < 1.29 is 34.4 Å². The predicted octanol–water partition coefficient (Wildman–Crippen LogP) is 1.23. The number of benzene rings is 2. The molecule has 0 aromatic heterocycles. The van der Waals surface area contributed by atoms with Crippen molar-refractivity contribution in [3.8, 4) is 11.1 Å². The number of fused-ring (bicyclic) bond motifs is 3. The van der Waals surface area contributed by atoms with Crippen molar-refractivity contribution in [3.05, 3.63) is 59.7 Å². The van der Waals surface area contributed by atoms with E-state index in [2.05, 4.69) is 10.6 Å². The molecule has 0 aliphatic heterocycles.